The summed E-state index contributed by atoms with van der Waals surface area (Å²) in [5.41, 5.74) is 2.25. The van der Waals surface area contributed by atoms with E-state index in [-0.39, 0.29) is 5.56 Å². The highest BCUT2D eigenvalue weighted by Gasteiger charge is 2.17. The number of fused-ring (bicyclic) bond motifs is 1. The third-order valence-corrected chi connectivity index (χ3v) is 3.21. The normalized spacial score (nSPS) is 10.9. The highest BCUT2D eigenvalue weighted by Crippen LogP contribution is 2.20. The average molecular weight is 246 g/mol. The SMILES string of the molecule is Cc1nc(C)c2c(c1C)c(=O)c(C(=O)O)cn2C. The zero-order chi connectivity index (χ0) is 13.6. The molecule has 0 bridgehead atoms. The minimum absolute atomic E-state index is 0.210. The van der Waals surface area contributed by atoms with Crippen LogP contribution in [0.25, 0.3) is 10.9 Å². The van der Waals surface area contributed by atoms with Crippen LogP contribution < -0.4 is 5.43 Å². The molecule has 94 valence electrons. The second kappa shape index (κ2) is 3.94. The highest BCUT2D eigenvalue weighted by molar-refractivity contribution is 5.94. The van der Waals surface area contributed by atoms with E-state index in [1.54, 1.807) is 18.5 Å². The summed E-state index contributed by atoms with van der Waals surface area (Å²) in [6.07, 6.45) is 1.34. The van der Waals surface area contributed by atoms with E-state index >= 15 is 0 Å². The zero-order valence-corrected chi connectivity index (χ0v) is 10.7. The van der Waals surface area contributed by atoms with Gasteiger partial charge in [0.1, 0.15) is 5.56 Å². The first-order chi connectivity index (χ1) is 8.34. The van der Waals surface area contributed by atoms with Crippen LogP contribution in [0.15, 0.2) is 11.0 Å². The Morgan fingerprint density at radius 1 is 1.28 bits per heavy atom. The van der Waals surface area contributed by atoms with Gasteiger partial charge in [-0.2, -0.15) is 0 Å². The quantitative estimate of drug-likeness (QED) is 0.828. The van der Waals surface area contributed by atoms with Crippen molar-refractivity contribution in [3.63, 3.8) is 0 Å². The second-order valence-electron chi connectivity index (χ2n) is 4.42. The van der Waals surface area contributed by atoms with Crippen molar-refractivity contribution in [2.45, 2.75) is 20.8 Å². The van der Waals surface area contributed by atoms with Gasteiger partial charge in [-0.1, -0.05) is 0 Å². The van der Waals surface area contributed by atoms with Gasteiger partial charge in [0.15, 0.2) is 0 Å². The maximum absolute atomic E-state index is 12.2. The van der Waals surface area contributed by atoms with Crippen LogP contribution in [0.1, 0.15) is 27.3 Å². The number of rotatable bonds is 1. The van der Waals surface area contributed by atoms with Gasteiger partial charge in [-0.15, -0.1) is 0 Å². The summed E-state index contributed by atoms with van der Waals surface area (Å²) in [4.78, 5) is 27.7. The van der Waals surface area contributed by atoms with Gasteiger partial charge in [-0.3, -0.25) is 9.78 Å². The Morgan fingerprint density at radius 3 is 2.44 bits per heavy atom. The molecule has 0 aliphatic carbocycles. The number of aromatic carboxylic acids is 1. The van der Waals surface area contributed by atoms with Gasteiger partial charge in [0.25, 0.3) is 0 Å². The van der Waals surface area contributed by atoms with Crippen LogP contribution in [0.4, 0.5) is 0 Å². The van der Waals surface area contributed by atoms with Crippen molar-refractivity contribution in [1.82, 2.24) is 9.55 Å². The second-order valence-corrected chi connectivity index (χ2v) is 4.42. The Hall–Kier alpha value is -2.17. The van der Waals surface area contributed by atoms with Gasteiger partial charge in [0.05, 0.1) is 16.6 Å². The number of carbonyl (C=O) groups is 1. The first kappa shape index (κ1) is 12.3. The van der Waals surface area contributed by atoms with Crippen LogP contribution in [0, 0.1) is 20.8 Å². The van der Waals surface area contributed by atoms with Crippen LogP contribution >= 0.6 is 0 Å². The minimum atomic E-state index is -1.20. The van der Waals surface area contributed by atoms with Crippen LogP contribution in [0.2, 0.25) is 0 Å². The summed E-state index contributed by atoms with van der Waals surface area (Å²) >= 11 is 0. The average Bonchev–Trinajstić information content (AvgIpc) is 2.28. The molecule has 0 spiro atoms. The van der Waals surface area contributed by atoms with Crippen LogP contribution in [0.3, 0.4) is 0 Å². The molecule has 5 heteroatoms. The first-order valence-electron chi connectivity index (χ1n) is 5.55. The van der Waals surface area contributed by atoms with E-state index in [1.807, 2.05) is 13.8 Å². The van der Waals surface area contributed by atoms with Crippen molar-refractivity contribution in [2.24, 2.45) is 7.05 Å². The molecule has 0 aromatic carbocycles. The lowest BCUT2D eigenvalue weighted by molar-refractivity contribution is 0.0695. The molecule has 2 aromatic rings. The molecule has 0 fully saturated rings. The van der Waals surface area contributed by atoms with Crippen molar-refractivity contribution >= 4 is 16.9 Å². The maximum atomic E-state index is 12.2. The predicted molar refractivity (Wildman–Crippen MR) is 68.2 cm³/mol. The largest absolute Gasteiger partial charge is 0.477 e. The standard InChI is InChI=1S/C13H14N2O3/c1-6-7(2)14-8(3)11-10(6)12(16)9(13(17)18)5-15(11)4/h5H,1-4H3,(H,17,18). The van der Waals surface area contributed by atoms with E-state index in [0.29, 0.717) is 10.9 Å². The molecule has 2 rings (SSSR count). The van der Waals surface area contributed by atoms with E-state index in [2.05, 4.69) is 4.98 Å². The molecule has 0 unspecified atom stereocenters. The maximum Gasteiger partial charge on any atom is 0.341 e. The van der Waals surface area contributed by atoms with Gasteiger partial charge in [-0.25, -0.2) is 4.79 Å². The number of aryl methyl sites for hydroxylation is 4. The van der Waals surface area contributed by atoms with E-state index in [9.17, 15) is 9.59 Å². The Bertz CT molecular complexity index is 729. The molecule has 0 radical (unpaired) electrons. The lowest BCUT2D eigenvalue weighted by Crippen LogP contribution is -2.20. The number of hydrogen-bond acceptors (Lipinski definition) is 3. The molecule has 5 nitrogen and oxygen atoms in total. The smallest absolute Gasteiger partial charge is 0.341 e. The van der Waals surface area contributed by atoms with Gasteiger partial charge in [0.2, 0.25) is 5.43 Å². The molecule has 0 aliphatic heterocycles. The molecule has 0 amide bonds. The third kappa shape index (κ3) is 1.59. The first-order valence-corrected chi connectivity index (χ1v) is 5.55. The van der Waals surface area contributed by atoms with E-state index in [1.165, 1.54) is 6.20 Å². The van der Waals surface area contributed by atoms with Crippen LogP contribution in [-0.4, -0.2) is 20.6 Å². The predicted octanol–water partition coefficient (Wildman–Crippen LogP) is 1.56. The fourth-order valence-corrected chi connectivity index (χ4v) is 2.24. The molecule has 0 saturated carbocycles. The van der Waals surface area contributed by atoms with Gasteiger partial charge in [-0.05, 0) is 26.3 Å². The number of hydrogen-bond donors (Lipinski definition) is 1. The fraction of sp³-hybridized carbons (Fsp3) is 0.308. The summed E-state index contributed by atoms with van der Waals surface area (Å²) in [6, 6.07) is 0. The fourth-order valence-electron chi connectivity index (χ4n) is 2.24. The Morgan fingerprint density at radius 2 is 1.89 bits per heavy atom. The van der Waals surface area contributed by atoms with E-state index in [0.717, 1.165) is 17.0 Å². The number of nitrogens with zero attached hydrogens (tertiary/aromatic N) is 2. The summed E-state index contributed by atoms with van der Waals surface area (Å²) in [6.45, 7) is 5.42. The monoisotopic (exact) mass is 246 g/mol. The highest BCUT2D eigenvalue weighted by atomic mass is 16.4. The molecule has 0 atom stereocenters. The Labute approximate surface area is 104 Å². The van der Waals surface area contributed by atoms with Crippen molar-refractivity contribution in [2.75, 3.05) is 0 Å². The minimum Gasteiger partial charge on any atom is -0.477 e. The summed E-state index contributed by atoms with van der Waals surface area (Å²) in [5.74, 6) is -1.20. The van der Waals surface area contributed by atoms with Crippen molar-refractivity contribution in [3.8, 4) is 0 Å². The summed E-state index contributed by atoms with van der Waals surface area (Å²) in [5, 5.41) is 9.50. The number of aromatic nitrogens is 2. The van der Waals surface area contributed by atoms with Crippen LogP contribution in [-0.2, 0) is 7.05 Å². The van der Waals surface area contributed by atoms with Gasteiger partial charge < -0.3 is 9.67 Å². The van der Waals surface area contributed by atoms with Crippen LogP contribution in [0.5, 0.6) is 0 Å². The molecule has 18 heavy (non-hydrogen) atoms. The van der Waals surface area contributed by atoms with Crippen molar-refractivity contribution in [1.29, 1.82) is 0 Å². The summed E-state index contributed by atoms with van der Waals surface area (Å²) < 4.78 is 1.65. The lowest BCUT2D eigenvalue weighted by atomic mass is 10.0. The molecule has 1 N–H and O–H groups in total. The molecule has 0 saturated heterocycles. The number of pyridine rings is 2. The van der Waals surface area contributed by atoms with E-state index in [4.69, 9.17) is 5.11 Å². The van der Waals surface area contributed by atoms with Crippen molar-refractivity contribution in [3.05, 3.63) is 38.9 Å². The zero-order valence-electron chi connectivity index (χ0n) is 10.7. The Balaban J connectivity index is 3.14. The third-order valence-electron chi connectivity index (χ3n) is 3.21. The lowest BCUT2D eigenvalue weighted by Gasteiger charge is -2.12. The summed E-state index contributed by atoms with van der Waals surface area (Å²) in [7, 11) is 1.72. The molecule has 2 aromatic heterocycles. The molecular weight excluding hydrogens is 232 g/mol. The topological polar surface area (TPSA) is 72.2 Å². The molecular formula is C13H14N2O3. The van der Waals surface area contributed by atoms with Crippen molar-refractivity contribution < 1.29 is 9.90 Å². The Kier molecular flexibility index (Phi) is 2.69. The van der Waals surface area contributed by atoms with Gasteiger partial charge >= 0.3 is 5.97 Å². The molecule has 2 heterocycles. The number of carboxylic acid groups (broad SMARTS) is 1. The van der Waals surface area contributed by atoms with E-state index < -0.39 is 11.4 Å². The number of carboxylic acids is 1. The van der Waals surface area contributed by atoms with Gasteiger partial charge in [0, 0.05) is 18.9 Å². The molecule has 0 aliphatic rings.